The molecular weight excluding hydrogens is 232 g/mol. The highest BCUT2D eigenvalue weighted by Gasteiger charge is 2.47. The van der Waals surface area contributed by atoms with Gasteiger partial charge in [0, 0.05) is 5.41 Å². The molecule has 1 aliphatic heterocycles. The second kappa shape index (κ2) is 3.90. The molecule has 1 aromatic carbocycles. The minimum absolute atomic E-state index is 0.175. The number of hydrogen-bond donors (Lipinski definition) is 1. The number of rotatable bonds is 3. The predicted molar refractivity (Wildman–Crippen MR) is 65.3 cm³/mol. The Balaban J connectivity index is 2.01. The summed E-state index contributed by atoms with van der Waals surface area (Å²) in [6.45, 7) is 3.13. The van der Waals surface area contributed by atoms with Crippen LogP contribution in [0.15, 0.2) is 12.1 Å². The number of aliphatic carboxylic acids is 1. The van der Waals surface area contributed by atoms with Crippen LogP contribution in [0, 0.1) is 6.92 Å². The second-order valence-corrected chi connectivity index (χ2v) is 5.11. The van der Waals surface area contributed by atoms with Crippen LogP contribution in [-0.2, 0) is 10.2 Å². The maximum atomic E-state index is 11.0. The molecule has 1 aromatic rings. The van der Waals surface area contributed by atoms with Crippen molar-refractivity contribution in [2.75, 3.05) is 13.2 Å². The van der Waals surface area contributed by atoms with Gasteiger partial charge in [-0.05, 0) is 37.0 Å². The van der Waals surface area contributed by atoms with Gasteiger partial charge in [-0.2, -0.15) is 0 Å². The van der Waals surface area contributed by atoms with E-state index in [0.29, 0.717) is 13.2 Å². The first-order valence-electron chi connectivity index (χ1n) is 6.24. The summed E-state index contributed by atoms with van der Waals surface area (Å²) in [5.74, 6) is 0.825. The zero-order valence-electron chi connectivity index (χ0n) is 10.4. The van der Waals surface area contributed by atoms with E-state index in [1.165, 1.54) is 0 Å². The Morgan fingerprint density at radius 2 is 2.06 bits per heavy atom. The molecule has 2 aliphatic rings. The van der Waals surface area contributed by atoms with E-state index in [-0.39, 0.29) is 11.8 Å². The molecule has 0 aromatic heterocycles. The van der Waals surface area contributed by atoms with E-state index >= 15 is 0 Å². The van der Waals surface area contributed by atoms with Crippen LogP contribution in [0.2, 0.25) is 0 Å². The van der Waals surface area contributed by atoms with Crippen LogP contribution >= 0.6 is 0 Å². The average molecular weight is 248 g/mol. The van der Waals surface area contributed by atoms with Crippen LogP contribution < -0.4 is 9.47 Å². The molecule has 0 unspecified atom stereocenters. The smallest absolute Gasteiger partial charge is 0.304 e. The Kier molecular flexibility index (Phi) is 2.47. The predicted octanol–water partition coefficient (Wildman–Crippen LogP) is 2.27. The summed E-state index contributed by atoms with van der Waals surface area (Å²) >= 11 is 0. The minimum atomic E-state index is -0.734. The minimum Gasteiger partial charge on any atom is -0.486 e. The lowest BCUT2D eigenvalue weighted by molar-refractivity contribution is -0.137. The van der Waals surface area contributed by atoms with E-state index in [1.807, 2.05) is 19.1 Å². The number of carboxylic acid groups (broad SMARTS) is 1. The third-order valence-electron chi connectivity index (χ3n) is 3.87. The van der Waals surface area contributed by atoms with Crippen LogP contribution in [0.25, 0.3) is 0 Å². The molecule has 0 spiro atoms. The fourth-order valence-electron chi connectivity index (χ4n) is 2.81. The molecule has 1 N–H and O–H groups in total. The topological polar surface area (TPSA) is 55.8 Å². The Morgan fingerprint density at radius 3 is 2.72 bits per heavy atom. The van der Waals surface area contributed by atoms with E-state index < -0.39 is 5.97 Å². The molecule has 1 fully saturated rings. The van der Waals surface area contributed by atoms with E-state index in [1.54, 1.807) is 0 Å². The van der Waals surface area contributed by atoms with E-state index in [4.69, 9.17) is 14.6 Å². The van der Waals surface area contributed by atoms with E-state index in [2.05, 4.69) is 0 Å². The van der Waals surface area contributed by atoms with E-state index in [9.17, 15) is 4.79 Å². The van der Waals surface area contributed by atoms with Gasteiger partial charge in [0.15, 0.2) is 11.5 Å². The lowest BCUT2D eigenvalue weighted by Crippen LogP contribution is -2.19. The van der Waals surface area contributed by atoms with Crippen molar-refractivity contribution < 1.29 is 19.4 Å². The van der Waals surface area contributed by atoms with Gasteiger partial charge in [-0.1, -0.05) is 6.07 Å². The average Bonchev–Trinajstić information content (AvgIpc) is 3.09. The molecule has 0 saturated heterocycles. The molecule has 3 rings (SSSR count). The summed E-state index contributed by atoms with van der Waals surface area (Å²) in [5.41, 5.74) is 1.96. The van der Waals surface area contributed by atoms with Gasteiger partial charge >= 0.3 is 5.97 Å². The zero-order valence-corrected chi connectivity index (χ0v) is 10.4. The van der Waals surface area contributed by atoms with Crippen molar-refractivity contribution >= 4 is 5.97 Å². The van der Waals surface area contributed by atoms with Crippen LogP contribution in [0.1, 0.15) is 30.4 Å². The third-order valence-corrected chi connectivity index (χ3v) is 3.87. The first kappa shape index (κ1) is 11.4. The first-order chi connectivity index (χ1) is 8.62. The van der Waals surface area contributed by atoms with Crippen molar-refractivity contribution in [3.05, 3.63) is 23.3 Å². The third kappa shape index (κ3) is 1.72. The molecule has 18 heavy (non-hydrogen) atoms. The fraction of sp³-hybridized carbons (Fsp3) is 0.500. The molecule has 0 radical (unpaired) electrons. The van der Waals surface area contributed by atoms with Gasteiger partial charge < -0.3 is 14.6 Å². The molecule has 0 amide bonds. The Hall–Kier alpha value is -1.71. The van der Waals surface area contributed by atoms with Crippen molar-refractivity contribution in [1.29, 1.82) is 0 Å². The van der Waals surface area contributed by atoms with Crippen molar-refractivity contribution in [3.63, 3.8) is 0 Å². The highest BCUT2D eigenvalue weighted by molar-refractivity contribution is 5.71. The molecule has 96 valence electrons. The first-order valence-corrected chi connectivity index (χ1v) is 6.24. The van der Waals surface area contributed by atoms with Gasteiger partial charge in [0.05, 0.1) is 6.42 Å². The van der Waals surface area contributed by atoms with Gasteiger partial charge in [-0.25, -0.2) is 0 Å². The largest absolute Gasteiger partial charge is 0.486 e. The Bertz CT molecular complexity index is 503. The van der Waals surface area contributed by atoms with Crippen LogP contribution in [0.4, 0.5) is 0 Å². The molecule has 4 nitrogen and oxygen atoms in total. The summed E-state index contributed by atoms with van der Waals surface area (Å²) in [4.78, 5) is 11.0. The number of ether oxygens (including phenoxy) is 2. The highest BCUT2D eigenvalue weighted by Crippen LogP contribution is 2.54. The number of carboxylic acids is 1. The summed E-state index contributed by atoms with van der Waals surface area (Å²) in [6.07, 6.45) is 2.09. The van der Waals surface area contributed by atoms with Gasteiger partial charge in [0.2, 0.25) is 0 Å². The number of benzene rings is 1. The van der Waals surface area contributed by atoms with Gasteiger partial charge in [-0.3, -0.25) is 4.79 Å². The second-order valence-electron chi connectivity index (χ2n) is 5.11. The van der Waals surface area contributed by atoms with Gasteiger partial charge in [0.25, 0.3) is 0 Å². The fourth-order valence-corrected chi connectivity index (χ4v) is 2.81. The van der Waals surface area contributed by atoms with Crippen molar-refractivity contribution in [3.8, 4) is 11.5 Å². The Labute approximate surface area is 106 Å². The number of fused-ring (bicyclic) bond motifs is 1. The monoisotopic (exact) mass is 248 g/mol. The normalized spacial score (nSPS) is 19.4. The summed E-state index contributed by atoms with van der Waals surface area (Å²) in [5, 5.41) is 9.02. The standard InChI is InChI=1S/C14H16O4/c1-9-10(14(4-5-14)8-12(15)16)2-3-11-13(9)18-7-6-17-11/h2-3H,4-8H2,1H3,(H,15,16). The van der Waals surface area contributed by atoms with Gasteiger partial charge in [0.1, 0.15) is 13.2 Å². The van der Waals surface area contributed by atoms with Crippen LogP contribution in [0.3, 0.4) is 0 Å². The van der Waals surface area contributed by atoms with Crippen molar-refractivity contribution in [2.45, 2.75) is 31.6 Å². The lowest BCUT2D eigenvalue weighted by Gasteiger charge is -2.24. The van der Waals surface area contributed by atoms with Crippen molar-refractivity contribution in [2.24, 2.45) is 0 Å². The molecule has 4 heteroatoms. The molecule has 1 saturated carbocycles. The molecule has 1 heterocycles. The maximum Gasteiger partial charge on any atom is 0.304 e. The molecule has 0 atom stereocenters. The van der Waals surface area contributed by atoms with E-state index in [0.717, 1.165) is 35.5 Å². The summed E-state index contributed by atoms with van der Waals surface area (Å²) in [6, 6.07) is 3.90. The molecule has 0 bridgehead atoms. The number of hydrogen-bond acceptors (Lipinski definition) is 3. The molecule has 1 aliphatic carbocycles. The summed E-state index contributed by atoms with van der Waals surface area (Å²) in [7, 11) is 0. The van der Waals surface area contributed by atoms with Gasteiger partial charge in [-0.15, -0.1) is 0 Å². The highest BCUT2D eigenvalue weighted by atomic mass is 16.6. The number of carbonyl (C=O) groups is 1. The maximum absolute atomic E-state index is 11.0. The molecular formula is C14H16O4. The quantitative estimate of drug-likeness (QED) is 0.891. The zero-order chi connectivity index (χ0) is 12.8. The van der Waals surface area contributed by atoms with Crippen LogP contribution in [-0.4, -0.2) is 24.3 Å². The summed E-state index contributed by atoms with van der Waals surface area (Å²) < 4.78 is 11.2. The van der Waals surface area contributed by atoms with Crippen molar-refractivity contribution in [1.82, 2.24) is 0 Å². The lowest BCUT2D eigenvalue weighted by atomic mass is 9.88. The SMILES string of the molecule is Cc1c(C2(CC(=O)O)CC2)ccc2c1OCCO2. The van der Waals surface area contributed by atoms with Crippen LogP contribution in [0.5, 0.6) is 11.5 Å². The Morgan fingerprint density at radius 1 is 1.33 bits per heavy atom.